The van der Waals surface area contributed by atoms with Crippen LogP contribution in [0.2, 0.25) is 0 Å². The molecule has 120 valence electrons. The first-order valence-corrected chi connectivity index (χ1v) is 7.53. The number of carbonyl (C=O) groups is 2. The van der Waals surface area contributed by atoms with E-state index in [4.69, 9.17) is 5.73 Å². The molecule has 0 fully saturated rings. The van der Waals surface area contributed by atoms with Crippen molar-refractivity contribution in [1.82, 2.24) is 5.32 Å². The first kappa shape index (κ1) is 16.5. The van der Waals surface area contributed by atoms with Crippen LogP contribution >= 0.6 is 0 Å². The van der Waals surface area contributed by atoms with Gasteiger partial charge in [0.1, 0.15) is 0 Å². The molecule has 0 heterocycles. The quantitative estimate of drug-likeness (QED) is 0.791. The van der Waals surface area contributed by atoms with Crippen molar-refractivity contribution in [1.29, 1.82) is 0 Å². The van der Waals surface area contributed by atoms with E-state index < -0.39 is 6.03 Å². The van der Waals surface area contributed by atoms with Crippen molar-refractivity contribution < 1.29 is 9.59 Å². The van der Waals surface area contributed by atoms with Gasteiger partial charge in [-0.2, -0.15) is 0 Å². The summed E-state index contributed by atoms with van der Waals surface area (Å²) >= 11 is 0. The van der Waals surface area contributed by atoms with Gasteiger partial charge in [0, 0.05) is 11.3 Å². The number of aryl methyl sites for hydroxylation is 1. The molecule has 0 aliphatic carbocycles. The fraction of sp³-hybridized carbons (Fsp3) is 0.222. The zero-order valence-corrected chi connectivity index (χ0v) is 13.3. The van der Waals surface area contributed by atoms with Gasteiger partial charge in [-0.1, -0.05) is 42.8 Å². The van der Waals surface area contributed by atoms with E-state index in [0.29, 0.717) is 11.3 Å². The van der Waals surface area contributed by atoms with Gasteiger partial charge in [0.15, 0.2) is 0 Å². The Balaban J connectivity index is 2.13. The van der Waals surface area contributed by atoms with E-state index in [0.717, 1.165) is 12.0 Å². The second-order valence-corrected chi connectivity index (χ2v) is 5.42. The lowest BCUT2D eigenvalue weighted by atomic mass is 10.0. The summed E-state index contributed by atoms with van der Waals surface area (Å²) in [6, 6.07) is 14.1. The molecule has 0 aliphatic heterocycles. The molecule has 0 aromatic heterocycles. The molecule has 2 rings (SSSR count). The third kappa shape index (κ3) is 4.57. The Bertz CT molecular complexity index is 696. The van der Waals surface area contributed by atoms with E-state index in [9.17, 15) is 9.59 Å². The summed E-state index contributed by atoms with van der Waals surface area (Å²) < 4.78 is 0. The highest BCUT2D eigenvalue weighted by molar-refractivity contribution is 5.96. The van der Waals surface area contributed by atoms with Gasteiger partial charge in [-0.3, -0.25) is 4.79 Å². The topological polar surface area (TPSA) is 84.2 Å². The monoisotopic (exact) mass is 311 g/mol. The van der Waals surface area contributed by atoms with Gasteiger partial charge in [0.05, 0.1) is 6.04 Å². The van der Waals surface area contributed by atoms with Crippen molar-refractivity contribution in [3.05, 3.63) is 65.2 Å². The molecule has 4 N–H and O–H groups in total. The van der Waals surface area contributed by atoms with Gasteiger partial charge < -0.3 is 16.4 Å². The third-order valence-corrected chi connectivity index (χ3v) is 3.59. The number of benzene rings is 2. The van der Waals surface area contributed by atoms with Crippen molar-refractivity contribution in [2.24, 2.45) is 5.73 Å². The summed E-state index contributed by atoms with van der Waals surface area (Å²) in [7, 11) is 0. The second kappa shape index (κ2) is 7.45. The molecule has 0 saturated carbocycles. The summed E-state index contributed by atoms with van der Waals surface area (Å²) in [5.74, 6) is -0.189. The molecular weight excluding hydrogens is 290 g/mol. The fourth-order valence-electron chi connectivity index (χ4n) is 2.34. The van der Waals surface area contributed by atoms with Gasteiger partial charge in [0.25, 0.3) is 5.91 Å². The van der Waals surface area contributed by atoms with E-state index in [2.05, 4.69) is 10.6 Å². The standard InChI is InChI=1S/C18H21N3O2/c1-3-16(13-9-7-12(2)8-10-13)21-17(22)14-5-4-6-15(11-14)20-18(19)23/h4-11,16H,3H2,1-2H3,(H,21,22)(H3,19,20,23)/t16-/m0/s1. The number of amides is 3. The first-order chi connectivity index (χ1) is 11.0. The van der Waals surface area contributed by atoms with E-state index in [-0.39, 0.29) is 11.9 Å². The zero-order chi connectivity index (χ0) is 16.8. The molecule has 5 nitrogen and oxygen atoms in total. The Kier molecular flexibility index (Phi) is 5.36. The molecule has 3 amide bonds. The van der Waals surface area contributed by atoms with Crippen LogP contribution < -0.4 is 16.4 Å². The summed E-state index contributed by atoms with van der Waals surface area (Å²) in [5, 5.41) is 5.48. The second-order valence-electron chi connectivity index (χ2n) is 5.42. The minimum Gasteiger partial charge on any atom is -0.351 e. The normalized spacial score (nSPS) is 11.6. The SMILES string of the molecule is CC[C@H](NC(=O)c1cccc(NC(N)=O)c1)c1ccc(C)cc1. The lowest BCUT2D eigenvalue weighted by Gasteiger charge is -2.18. The molecule has 0 spiro atoms. The van der Waals surface area contributed by atoms with Crippen LogP contribution in [0, 0.1) is 6.92 Å². The maximum absolute atomic E-state index is 12.4. The molecule has 0 bridgehead atoms. The smallest absolute Gasteiger partial charge is 0.316 e. The van der Waals surface area contributed by atoms with Crippen LogP contribution in [0.5, 0.6) is 0 Å². The van der Waals surface area contributed by atoms with Crippen LogP contribution in [0.1, 0.15) is 40.9 Å². The Hall–Kier alpha value is -2.82. The number of urea groups is 1. The lowest BCUT2D eigenvalue weighted by Crippen LogP contribution is -2.28. The van der Waals surface area contributed by atoms with E-state index >= 15 is 0 Å². The van der Waals surface area contributed by atoms with Gasteiger partial charge in [0.2, 0.25) is 0 Å². The Morgan fingerprint density at radius 1 is 1.13 bits per heavy atom. The number of nitrogens with one attached hydrogen (secondary N) is 2. The van der Waals surface area contributed by atoms with Crippen LogP contribution in [-0.4, -0.2) is 11.9 Å². The molecule has 23 heavy (non-hydrogen) atoms. The van der Waals surface area contributed by atoms with E-state index in [1.807, 2.05) is 38.1 Å². The van der Waals surface area contributed by atoms with E-state index in [1.54, 1.807) is 24.3 Å². The van der Waals surface area contributed by atoms with E-state index in [1.165, 1.54) is 5.56 Å². The summed E-state index contributed by atoms with van der Waals surface area (Å²) in [4.78, 5) is 23.3. The van der Waals surface area contributed by atoms with Gasteiger partial charge in [-0.15, -0.1) is 0 Å². The highest BCUT2D eigenvalue weighted by Gasteiger charge is 2.14. The molecule has 0 unspecified atom stereocenters. The molecule has 2 aromatic rings. The Morgan fingerprint density at radius 3 is 2.43 bits per heavy atom. The summed E-state index contributed by atoms with van der Waals surface area (Å²) in [5.41, 5.74) is 8.31. The van der Waals surface area contributed by atoms with Gasteiger partial charge in [-0.05, 0) is 37.1 Å². The predicted molar refractivity (Wildman–Crippen MR) is 91.3 cm³/mol. The van der Waals surface area contributed by atoms with Crippen molar-refractivity contribution in [2.75, 3.05) is 5.32 Å². The molecule has 1 atom stereocenters. The minimum atomic E-state index is -0.659. The number of nitrogens with two attached hydrogens (primary N) is 1. The van der Waals surface area contributed by atoms with Gasteiger partial charge in [-0.25, -0.2) is 4.79 Å². The highest BCUT2D eigenvalue weighted by atomic mass is 16.2. The first-order valence-electron chi connectivity index (χ1n) is 7.53. The maximum atomic E-state index is 12.4. The van der Waals surface area contributed by atoms with Crippen molar-refractivity contribution in [2.45, 2.75) is 26.3 Å². The average molecular weight is 311 g/mol. The number of primary amides is 1. The summed E-state index contributed by atoms with van der Waals surface area (Å²) in [6.45, 7) is 4.05. The van der Waals surface area contributed by atoms with Crippen molar-refractivity contribution >= 4 is 17.6 Å². The summed E-state index contributed by atoms with van der Waals surface area (Å²) in [6.07, 6.45) is 0.786. The van der Waals surface area contributed by atoms with Crippen LogP contribution in [0.25, 0.3) is 0 Å². The highest BCUT2D eigenvalue weighted by Crippen LogP contribution is 2.18. The van der Waals surface area contributed by atoms with Crippen LogP contribution in [0.15, 0.2) is 48.5 Å². The number of rotatable bonds is 5. The fourth-order valence-corrected chi connectivity index (χ4v) is 2.34. The number of hydrogen-bond donors (Lipinski definition) is 3. The van der Waals surface area contributed by atoms with Crippen molar-refractivity contribution in [3.63, 3.8) is 0 Å². The molecule has 2 aromatic carbocycles. The van der Waals surface area contributed by atoms with Crippen molar-refractivity contribution in [3.8, 4) is 0 Å². The molecule has 0 aliphatic rings. The zero-order valence-electron chi connectivity index (χ0n) is 13.3. The largest absolute Gasteiger partial charge is 0.351 e. The minimum absolute atomic E-state index is 0.0594. The maximum Gasteiger partial charge on any atom is 0.316 e. The van der Waals surface area contributed by atoms with Crippen LogP contribution in [-0.2, 0) is 0 Å². The predicted octanol–water partition coefficient (Wildman–Crippen LogP) is 3.37. The lowest BCUT2D eigenvalue weighted by molar-refractivity contribution is 0.0935. The van der Waals surface area contributed by atoms with Crippen LogP contribution in [0.4, 0.5) is 10.5 Å². The molecule has 0 saturated heterocycles. The molecule has 5 heteroatoms. The molecule has 0 radical (unpaired) electrons. The Labute approximate surface area is 135 Å². The van der Waals surface area contributed by atoms with Crippen LogP contribution in [0.3, 0.4) is 0 Å². The third-order valence-electron chi connectivity index (χ3n) is 3.59. The Morgan fingerprint density at radius 2 is 1.83 bits per heavy atom. The number of hydrogen-bond acceptors (Lipinski definition) is 2. The number of carbonyl (C=O) groups excluding carboxylic acids is 2. The van der Waals surface area contributed by atoms with Gasteiger partial charge >= 0.3 is 6.03 Å². The average Bonchev–Trinajstić information content (AvgIpc) is 2.53. The number of anilines is 1. The molecular formula is C18H21N3O2.